The van der Waals surface area contributed by atoms with Crippen molar-refractivity contribution in [1.29, 1.82) is 0 Å². The molecule has 2 unspecified atom stereocenters. The average Bonchev–Trinajstić information content (AvgIpc) is 3.03. The molecule has 3 amide bonds. The fourth-order valence-electron chi connectivity index (χ4n) is 4.35. The van der Waals surface area contributed by atoms with Crippen molar-refractivity contribution in [2.75, 3.05) is 31.6 Å². The molecule has 0 radical (unpaired) electrons. The van der Waals surface area contributed by atoms with Gasteiger partial charge >= 0.3 is 6.09 Å². The third-order valence-corrected chi connectivity index (χ3v) is 6.86. The van der Waals surface area contributed by atoms with Crippen molar-refractivity contribution in [3.63, 3.8) is 0 Å². The van der Waals surface area contributed by atoms with Crippen LogP contribution in [-0.4, -0.2) is 60.9 Å². The molecule has 0 bridgehead atoms. The first kappa shape index (κ1) is 33.9. The SMILES string of the molecule is CC(CCNC(=O)COc1ccc(CCCCNC(=O)O)cc1)NCC(O)c1ccc(OCc2ccccc2)c(NC=O)c1. The first-order valence-electron chi connectivity index (χ1n) is 14.7. The van der Waals surface area contributed by atoms with Gasteiger partial charge in [0, 0.05) is 25.7 Å². The fraction of sp³-hybridized carbons (Fsp3) is 0.364. The summed E-state index contributed by atoms with van der Waals surface area (Å²) in [6.07, 6.45) is 1.88. The Morgan fingerprint density at radius 3 is 2.41 bits per heavy atom. The highest BCUT2D eigenvalue weighted by atomic mass is 16.5. The molecule has 0 saturated carbocycles. The number of unbranched alkanes of at least 4 members (excludes halogenated alkanes) is 1. The van der Waals surface area contributed by atoms with Gasteiger partial charge in [-0.25, -0.2) is 4.79 Å². The third kappa shape index (κ3) is 12.7. The summed E-state index contributed by atoms with van der Waals surface area (Å²) in [6, 6.07) is 22.4. The third-order valence-electron chi connectivity index (χ3n) is 6.86. The number of carboxylic acid groups (broad SMARTS) is 1. The van der Waals surface area contributed by atoms with Crippen molar-refractivity contribution >= 4 is 24.1 Å². The van der Waals surface area contributed by atoms with Gasteiger partial charge in [-0.1, -0.05) is 48.5 Å². The lowest BCUT2D eigenvalue weighted by Crippen LogP contribution is -2.36. The lowest BCUT2D eigenvalue weighted by molar-refractivity contribution is -0.123. The van der Waals surface area contributed by atoms with Gasteiger partial charge in [0.25, 0.3) is 5.91 Å². The van der Waals surface area contributed by atoms with Gasteiger partial charge in [-0.3, -0.25) is 9.59 Å². The Labute approximate surface area is 258 Å². The van der Waals surface area contributed by atoms with E-state index in [0.29, 0.717) is 55.3 Å². The van der Waals surface area contributed by atoms with Crippen molar-refractivity contribution in [3.8, 4) is 11.5 Å². The molecule has 3 rings (SSSR count). The van der Waals surface area contributed by atoms with Crippen LogP contribution in [0.4, 0.5) is 10.5 Å². The van der Waals surface area contributed by atoms with Crippen LogP contribution in [0.15, 0.2) is 72.8 Å². The highest BCUT2D eigenvalue weighted by molar-refractivity contribution is 5.77. The number of amides is 3. The lowest BCUT2D eigenvalue weighted by atomic mass is 10.1. The molecule has 44 heavy (non-hydrogen) atoms. The van der Waals surface area contributed by atoms with E-state index in [1.165, 1.54) is 0 Å². The molecule has 0 aromatic heterocycles. The highest BCUT2D eigenvalue weighted by Crippen LogP contribution is 2.29. The second-order valence-corrected chi connectivity index (χ2v) is 10.4. The average molecular weight is 607 g/mol. The van der Waals surface area contributed by atoms with E-state index in [-0.39, 0.29) is 25.1 Å². The number of ether oxygens (including phenoxy) is 2. The summed E-state index contributed by atoms with van der Waals surface area (Å²) >= 11 is 0. The van der Waals surface area contributed by atoms with Gasteiger partial charge in [0.1, 0.15) is 18.1 Å². The zero-order valence-corrected chi connectivity index (χ0v) is 25.0. The molecule has 0 aliphatic rings. The van der Waals surface area contributed by atoms with Gasteiger partial charge in [0.15, 0.2) is 6.61 Å². The van der Waals surface area contributed by atoms with E-state index >= 15 is 0 Å². The molecule has 11 heteroatoms. The van der Waals surface area contributed by atoms with Crippen molar-refractivity contribution in [3.05, 3.63) is 89.5 Å². The van der Waals surface area contributed by atoms with Crippen LogP contribution in [-0.2, 0) is 22.6 Å². The minimum Gasteiger partial charge on any atom is -0.487 e. The fourth-order valence-corrected chi connectivity index (χ4v) is 4.35. The highest BCUT2D eigenvalue weighted by Gasteiger charge is 2.14. The molecule has 0 aliphatic carbocycles. The van der Waals surface area contributed by atoms with Crippen molar-refractivity contribution in [1.82, 2.24) is 16.0 Å². The second kappa shape index (κ2) is 18.8. The molecule has 0 spiro atoms. The molecule has 0 saturated heterocycles. The van der Waals surface area contributed by atoms with Gasteiger partial charge in [0.05, 0.1) is 11.8 Å². The van der Waals surface area contributed by atoms with Gasteiger partial charge in [-0.2, -0.15) is 0 Å². The number of aliphatic hydroxyl groups excluding tert-OH is 1. The van der Waals surface area contributed by atoms with Crippen molar-refractivity contribution in [2.45, 2.75) is 51.4 Å². The number of carbonyl (C=O) groups is 3. The Morgan fingerprint density at radius 2 is 1.68 bits per heavy atom. The molecular formula is C33H42N4O7. The van der Waals surface area contributed by atoms with E-state index in [4.69, 9.17) is 14.6 Å². The van der Waals surface area contributed by atoms with E-state index in [1.807, 2.05) is 61.5 Å². The molecule has 3 aromatic rings. The maximum absolute atomic E-state index is 12.2. The van der Waals surface area contributed by atoms with Crippen molar-refractivity contribution < 1.29 is 34.1 Å². The molecular weight excluding hydrogens is 564 g/mol. The molecule has 2 atom stereocenters. The van der Waals surface area contributed by atoms with E-state index in [1.54, 1.807) is 18.2 Å². The number of aryl methyl sites for hydroxylation is 1. The van der Waals surface area contributed by atoms with Gasteiger partial charge in [-0.05, 0) is 73.6 Å². The summed E-state index contributed by atoms with van der Waals surface area (Å²) in [7, 11) is 0. The smallest absolute Gasteiger partial charge is 0.404 e. The Hall–Kier alpha value is -4.61. The van der Waals surface area contributed by atoms with Crippen LogP contribution in [0.2, 0.25) is 0 Å². The predicted octanol–water partition coefficient (Wildman–Crippen LogP) is 4.02. The van der Waals surface area contributed by atoms with Crippen LogP contribution in [0, 0.1) is 0 Å². The zero-order valence-electron chi connectivity index (χ0n) is 25.0. The molecule has 236 valence electrons. The first-order valence-corrected chi connectivity index (χ1v) is 14.7. The van der Waals surface area contributed by atoms with E-state index in [2.05, 4.69) is 21.3 Å². The van der Waals surface area contributed by atoms with Crippen LogP contribution in [0.5, 0.6) is 11.5 Å². The Morgan fingerprint density at radius 1 is 0.909 bits per heavy atom. The molecule has 6 N–H and O–H groups in total. The minimum atomic E-state index is -1.01. The number of nitrogens with one attached hydrogen (secondary N) is 4. The number of carbonyl (C=O) groups excluding carboxylic acids is 2. The van der Waals surface area contributed by atoms with Crippen LogP contribution in [0.3, 0.4) is 0 Å². The summed E-state index contributed by atoms with van der Waals surface area (Å²) in [5, 5.41) is 30.4. The Kier molecular flexibility index (Phi) is 14.5. The Bertz CT molecular complexity index is 1310. The molecule has 11 nitrogen and oxygen atoms in total. The largest absolute Gasteiger partial charge is 0.487 e. The number of hydrogen-bond donors (Lipinski definition) is 6. The lowest BCUT2D eigenvalue weighted by Gasteiger charge is -2.19. The van der Waals surface area contributed by atoms with Gasteiger partial charge in [-0.15, -0.1) is 0 Å². The zero-order chi connectivity index (χ0) is 31.6. The van der Waals surface area contributed by atoms with E-state index in [9.17, 15) is 19.5 Å². The second-order valence-electron chi connectivity index (χ2n) is 10.4. The van der Waals surface area contributed by atoms with Crippen LogP contribution >= 0.6 is 0 Å². The van der Waals surface area contributed by atoms with Crippen LogP contribution < -0.4 is 30.7 Å². The molecule has 0 heterocycles. The standard InChI is InChI=1S/C33H42N4O7/c1-24(16-18-34-32(40)22-43-28-13-10-25(11-14-28)7-5-6-17-35-33(41)42)36-20-30(39)27-12-15-31(29(19-27)37-23-38)44-21-26-8-3-2-4-9-26/h2-4,8-15,19,23-24,30,35-36,39H,5-7,16-18,20-22H2,1H3,(H,34,40)(H,37,38)(H,41,42). The maximum Gasteiger partial charge on any atom is 0.404 e. The molecule has 0 fully saturated rings. The molecule has 3 aromatic carbocycles. The molecule has 0 aliphatic heterocycles. The first-order chi connectivity index (χ1) is 21.3. The summed E-state index contributed by atoms with van der Waals surface area (Å²) < 4.78 is 11.4. The van der Waals surface area contributed by atoms with Crippen LogP contribution in [0.1, 0.15) is 49.0 Å². The quantitative estimate of drug-likeness (QED) is 0.0832. The van der Waals surface area contributed by atoms with Crippen molar-refractivity contribution in [2.24, 2.45) is 0 Å². The topological polar surface area (TPSA) is 158 Å². The normalized spacial score (nSPS) is 12.0. The maximum atomic E-state index is 12.2. The van der Waals surface area contributed by atoms with E-state index < -0.39 is 12.2 Å². The number of aliphatic hydroxyl groups is 1. The minimum absolute atomic E-state index is 0.0272. The number of hydrogen-bond acceptors (Lipinski definition) is 7. The van der Waals surface area contributed by atoms with Gasteiger partial charge < -0.3 is 41.0 Å². The summed E-state index contributed by atoms with van der Waals surface area (Å²) in [5.74, 6) is 0.884. The predicted molar refractivity (Wildman–Crippen MR) is 168 cm³/mol. The monoisotopic (exact) mass is 606 g/mol. The number of benzene rings is 3. The summed E-state index contributed by atoms with van der Waals surface area (Å²) in [4.78, 5) is 33.8. The van der Waals surface area contributed by atoms with Crippen LogP contribution in [0.25, 0.3) is 0 Å². The van der Waals surface area contributed by atoms with Gasteiger partial charge in [0.2, 0.25) is 6.41 Å². The Balaban J connectivity index is 1.32. The summed E-state index contributed by atoms with van der Waals surface area (Å²) in [6.45, 7) is 3.40. The van der Waals surface area contributed by atoms with E-state index in [0.717, 1.165) is 30.4 Å². The number of anilines is 1. The number of rotatable bonds is 20. The summed E-state index contributed by atoms with van der Waals surface area (Å²) in [5.41, 5.74) is 3.22.